The lowest BCUT2D eigenvalue weighted by Crippen LogP contribution is -2.38. The number of likely N-dealkylation sites (tertiary alicyclic amines) is 1. The van der Waals surface area contributed by atoms with Crippen LogP contribution in [0, 0.1) is 11.3 Å². The number of nitrogens with zero attached hydrogens (tertiary/aromatic N) is 5. The number of anilines is 2. The molecule has 1 amide bonds. The fraction of sp³-hybridized carbons (Fsp3) is 0.294. The molecule has 0 spiro atoms. The van der Waals surface area contributed by atoms with Crippen molar-refractivity contribution in [1.29, 1.82) is 5.26 Å². The predicted octanol–water partition coefficient (Wildman–Crippen LogP) is 6.26. The minimum absolute atomic E-state index is 0.0714. The Hall–Kier alpha value is -4.97. The molecule has 3 aromatic heterocycles. The van der Waals surface area contributed by atoms with E-state index < -0.39 is 18.7 Å². The Morgan fingerprint density at radius 2 is 1.92 bits per heavy atom. The molecule has 5 aromatic rings. The van der Waals surface area contributed by atoms with Crippen molar-refractivity contribution in [2.45, 2.75) is 50.7 Å². The van der Waals surface area contributed by atoms with Gasteiger partial charge in [0.2, 0.25) is 5.91 Å². The number of aromatic nitrogens is 3. The first-order valence-electron chi connectivity index (χ1n) is 15.3. The van der Waals surface area contributed by atoms with Crippen LogP contribution in [0.1, 0.15) is 40.6 Å². The topological polar surface area (TPSA) is 139 Å². The van der Waals surface area contributed by atoms with Crippen LogP contribution >= 0.6 is 11.3 Å². The zero-order valence-electron chi connectivity index (χ0n) is 25.7. The summed E-state index contributed by atoms with van der Waals surface area (Å²) in [6.07, 6.45) is -2.17. The summed E-state index contributed by atoms with van der Waals surface area (Å²) in [5.41, 5.74) is 2.83. The molecule has 1 atom stereocenters. The van der Waals surface area contributed by atoms with Gasteiger partial charge in [-0.25, -0.2) is 9.97 Å². The van der Waals surface area contributed by atoms with E-state index >= 15 is 0 Å². The van der Waals surface area contributed by atoms with Crippen LogP contribution in [0.25, 0.3) is 21.1 Å². The van der Waals surface area contributed by atoms with E-state index in [1.165, 1.54) is 18.5 Å². The summed E-state index contributed by atoms with van der Waals surface area (Å²) in [5.74, 6) is 0.272. The standard InChI is InChI=1S/C34H32F3N7O3S/c1-2-31(47)41-23-5-3-20(4-6-23)30(46)18-44-25(16-38)12-21-11-22(29(45)14-28(21)44)17-43-9-7-24(8-10-43)42-32-27-13-26(15-34(35,36)37)48-33(27)40-19-39-32/h2-6,11-14,19,24,30,45-46H,1,7-10,15,17-18H2,(H,41,47)(H,39,40,42). The van der Waals surface area contributed by atoms with Crippen molar-refractivity contribution in [2.24, 2.45) is 0 Å². The van der Waals surface area contributed by atoms with Gasteiger partial charge in [-0.1, -0.05) is 18.7 Å². The largest absolute Gasteiger partial charge is 0.508 e. The van der Waals surface area contributed by atoms with Crippen molar-refractivity contribution in [3.8, 4) is 11.8 Å². The third-order valence-electron chi connectivity index (χ3n) is 8.40. The molecule has 6 rings (SSSR count). The van der Waals surface area contributed by atoms with E-state index in [1.54, 1.807) is 41.0 Å². The van der Waals surface area contributed by atoms with Gasteiger partial charge in [-0.05, 0) is 54.8 Å². The predicted molar refractivity (Wildman–Crippen MR) is 178 cm³/mol. The van der Waals surface area contributed by atoms with E-state index in [-0.39, 0.29) is 29.1 Å². The van der Waals surface area contributed by atoms with Crippen molar-refractivity contribution in [1.82, 2.24) is 19.4 Å². The van der Waals surface area contributed by atoms with Crippen molar-refractivity contribution in [3.63, 3.8) is 0 Å². The summed E-state index contributed by atoms with van der Waals surface area (Å²) in [7, 11) is 0. The second-order valence-electron chi connectivity index (χ2n) is 11.8. The maximum atomic E-state index is 12.9. The molecule has 0 radical (unpaired) electrons. The second-order valence-corrected chi connectivity index (χ2v) is 12.9. The third-order valence-corrected chi connectivity index (χ3v) is 9.44. The molecule has 1 aliphatic heterocycles. The molecule has 1 fully saturated rings. The molecule has 0 bridgehead atoms. The summed E-state index contributed by atoms with van der Waals surface area (Å²) < 4.78 is 40.4. The first kappa shape index (κ1) is 33.0. The minimum atomic E-state index is -4.29. The smallest absolute Gasteiger partial charge is 0.393 e. The van der Waals surface area contributed by atoms with Crippen molar-refractivity contribution in [2.75, 3.05) is 23.7 Å². The van der Waals surface area contributed by atoms with Crippen LogP contribution in [0.3, 0.4) is 0 Å². The van der Waals surface area contributed by atoms with E-state index in [2.05, 4.69) is 38.1 Å². The summed E-state index contributed by atoms with van der Waals surface area (Å²) in [5, 5.41) is 39.3. The van der Waals surface area contributed by atoms with E-state index in [9.17, 15) is 33.4 Å². The number of benzene rings is 2. The number of hydrogen-bond donors (Lipinski definition) is 4. The first-order valence-corrected chi connectivity index (χ1v) is 16.1. The normalized spacial score (nSPS) is 15.0. The molecule has 4 heterocycles. The summed E-state index contributed by atoms with van der Waals surface area (Å²) in [6.45, 7) is 5.44. The van der Waals surface area contributed by atoms with Crippen molar-refractivity contribution < 1.29 is 28.2 Å². The number of fused-ring (bicyclic) bond motifs is 2. The van der Waals surface area contributed by atoms with Gasteiger partial charge in [0, 0.05) is 53.3 Å². The number of halogens is 3. The number of rotatable bonds is 10. The number of aliphatic hydroxyl groups excluding tert-OH is 1. The number of aliphatic hydroxyl groups is 1. The Labute approximate surface area is 277 Å². The lowest BCUT2D eigenvalue weighted by atomic mass is 10.0. The molecule has 10 nitrogen and oxygen atoms in total. The molecule has 1 aliphatic rings. The molecule has 14 heteroatoms. The van der Waals surface area contributed by atoms with Crippen LogP contribution in [0.2, 0.25) is 0 Å². The average Bonchev–Trinajstić information content (AvgIpc) is 3.61. The zero-order valence-corrected chi connectivity index (χ0v) is 26.5. The van der Waals surface area contributed by atoms with Gasteiger partial charge in [0.1, 0.15) is 34.5 Å². The van der Waals surface area contributed by atoms with Crippen LogP contribution in [0.4, 0.5) is 24.7 Å². The highest BCUT2D eigenvalue weighted by Gasteiger charge is 2.29. The highest BCUT2D eigenvalue weighted by atomic mass is 32.1. The van der Waals surface area contributed by atoms with Crippen LogP contribution in [0.15, 0.2) is 67.5 Å². The lowest BCUT2D eigenvalue weighted by molar-refractivity contribution is -0.126. The fourth-order valence-electron chi connectivity index (χ4n) is 6.00. The Morgan fingerprint density at radius 3 is 2.60 bits per heavy atom. The molecule has 248 valence electrons. The minimum Gasteiger partial charge on any atom is -0.508 e. The maximum absolute atomic E-state index is 12.9. The number of hydrogen-bond acceptors (Lipinski definition) is 9. The number of aromatic hydroxyl groups is 1. The quantitative estimate of drug-likeness (QED) is 0.127. The lowest BCUT2D eigenvalue weighted by Gasteiger charge is -2.32. The fourth-order valence-corrected chi connectivity index (χ4v) is 7.02. The number of nitrogens with one attached hydrogen (secondary N) is 2. The number of amides is 1. The number of thiophene rings is 1. The SMILES string of the molecule is C=CC(=O)Nc1ccc(C(O)Cn2c(C#N)cc3cc(CN4CCC(Nc5ncnc6sc(CC(F)(F)F)cc56)CC4)c(O)cc32)cc1. The maximum Gasteiger partial charge on any atom is 0.393 e. The highest BCUT2D eigenvalue weighted by Crippen LogP contribution is 2.34. The summed E-state index contributed by atoms with van der Waals surface area (Å²) in [6, 6.07) is 15.7. The van der Waals surface area contributed by atoms with Gasteiger partial charge in [-0.15, -0.1) is 11.3 Å². The molecule has 1 saturated heterocycles. The van der Waals surface area contributed by atoms with Crippen molar-refractivity contribution >= 4 is 49.9 Å². The molecule has 0 aliphatic carbocycles. The number of carbonyl (C=O) groups is 1. The highest BCUT2D eigenvalue weighted by molar-refractivity contribution is 7.18. The van der Waals surface area contributed by atoms with Gasteiger partial charge in [0.15, 0.2) is 0 Å². The van der Waals surface area contributed by atoms with Gasteiger partial charge in [-0.3, -0.25) is 9.69 Å². The summed E-state index contributed by atoms with van der Waals surface area (Å²) >= 11 is 1.02. The van der Waals surface area contributed by atoms with Crippen molar-refractivity contribution in [3.05, 3.63) is 89.2 Å². The number of alkyl halides is 3. The van der Waals surface area contributed by atoms with E-state index in [4.69, 9.17) is 0 Å². The van der Waals surface area contributed by atoms with Gasteiger partial charge < -0.3 is 25.4 Å². The number of phenols is 1. The number of nitriles is 1. The molecular formula is C34H32F3N7O3S. The Kier molecular flexibility index (Phi) is 9.36. The van der Waals surface area contributed by atoms with Crippen LogP contribution in [0.5, 0.6) is 5.75 Å². The Morgan fingerprint density at radius 1 is 1.17 bits per heavy atom. The molecule has 4 N–H and O–H groups in total. The Balaban J connectivity index is 1.10. The van der Waals surface area contributed by atoms with E-state index in [0.29, 0.717) is 50.6 Å². The number of piperidine rings is 1. The third kappa shape index (κ3) is 7.44. The summed E-state index contributed by atoms with van der Waals surface area (Å²) in [4.78, 5) is 22.9. The average molecular weight is 676 g/mol. The Bertz CT molecular complexity index is 2010. The number of phenolic OH excluding ortho intramolecular Hbond substituents is 1. The van der Waals surface area contributed by atoms with Crippen LogP contribution in [-0.4, -0.2) is 60.9 Å². The van der Waals surface area contributed by atoms with Crippen LogP contribution in [-0.2, 0) is 24.3 Å². The number of carbonyl (C=O) groups excluding carboxylic acids is 1. The molecule has 2 aromatic carbocycles. The molecule has 0 saturated carbocycles. The van der Waals surface area contributed by atoms with E-state index in [0.717, 1.165) is 42.7 Å². The van der Waals surface area contributed by atoms with Gasteiger partial charge >= 0.3 is 6.18 Å². The van der Waals surface area contributed by atoms with E-state index in [1.807, 2.05) is 6.07 Å². The van der Waals surface area contributed by atoms with Gasteiger partial charge in [0.05, 0.1) is 30.0 Å². The monoisotopic (exact) mass is 675 g/mol. The molecule has 48 heavy (non-hydrogen) atoms. The van der Waals surface area contributed by atoms with Gasteiger partial charge in [-0.2, -0.15) is 18.4 Å². The zero-order chi connectivity index (χ0) is 34.0. The van der Waals surface area contributed by atoms with Gasteiger partial charge in [0.25, 0.3) is 0 Å². The second kappa shape index (κ2) is 13.6. The van der Waals surface area contributed by atoms with Crippen LogP contribution < -0.4 is 10.6 Å². The first-order chi connectivity index (χ1) is 23.0. The molecule has 1 unspecified atom stereocenters. The molecular weight excluding hydrogens is 643 g/mol.